The molecule has 7 heteroatoms. The smallest absolute Gasteiger partial charge is 0.287 e. The minimum absolute atomic E-state index is 0.0531. The SMILES string of the molecule is NC(=O)CCCNc1ccc([N+](=O)[O-])cn1. The van der Waals surface area contributed by atoms with Gasteiger partial charge in [-0.2, -0.15) is 0 Å². The van der Waals surface area contributed by atoms with Crippen molar-refractivity contribution >= 4 is 17.4 Å². The fourth-order valence-corrected chi connectivity index (χ4v) is 1.08. The van der Waals surface area contributed by atoms with Gasteiger partial charge in [0.1, 0.15) is 12.0 Å². The molecule has 1 aromatic heterocycles. The van der Waals surface area contributed by atoms with Gasteiger partial charge in [-0.05, 0) is 12.5 Å². The summed E-state index contributed by atoms with van der Waals surface area (Å²) in [6.45, 7) is 0.549. The summed E-state index contributed by atoms with van der Waals surface area (Å²) in [5.41, 5.74) is 4.91. The van der Waals surface area contributed by atoms with Crippen LogP contribution in [0.25, 0.3) is 0 Å². The molecule has 0 saturated heterocycles. The van der Waals surface area contributed by atoms with Gasteiger partial charge in [-0.15, -0.1) is 0 Å². The van der Waals surface area contributed by atoms with Crippen molar-refractivity contribution in [3.8, 4) is 0 Å². The lowest BCUT2D eigenvalue weighted by Gasteiger charge is -2.03. The van der Waals surface area contributed by atoms with E-state index in [-0.39, 0.29) is 11.6 Å². The second-order valence-electron chi connectivity index (χ2n) is 3.16. The monoisotopic (exact) mass is 224 g/mol. The van der Waals surface area contributed by atoms with Gasteiger partial charge in [0.05, 0.1) is 4.92 Å². The summed E-state index contributed by atoms with van der Waals surface area (Å²) in [7, 11) is 0. The molecule has 0 spiro atoms. The number of pyridine rings is 1. The molecule has 0 atom stereocenters. The van der Waals surface area contributed by atoms with E-state index in [9.17, 15) is 14.9 Å². The van der Waals surface area contributed by atoms with Crippen molar-refractivity contribution in [1.82, 2.24) is 4.98 Å². The fraction of sp³-hybridized carbons (Fsp3) is 0.333. The van der Waals surface area contributed by atoms with Crippen molar-refractivity contribution in [3.63, 3.8) is 0 Å². The lowest BCUT2D eigenvalue weighted by atomic mass is 10.3. The highest BCUT2D eigenvalue weighted by atomic mass is 16.6. The van der Waals surface area contributed by atoms with Crippen LogP contribution in [-0.2, 0) is 4.79 Å². The van der Waals surface area contributed by atoms with Crippen LogP contribution < -0.4 is 11.1 Å². The molecular formula is C9H12N4O3. The van der Waals surface area contributed by atoms with Gasteiger partial charge < -0.3 is 11.1 Å². The van der Waals surface area contributed by atoms with Crippen LogP contribution >= 0.6 is 0 Å². The summed E-state index contributed by atoms with van der Waals surface area (Å²) < 4.78 is 0. The molecule has 0 saturated carbocycles. The molecule has 0 bridgehead atoms. The van der Waals surface area contributed by atoms with Crippen molar-refractivity contribution in [2.75, 3.05) is 11.9 Å². The minimum atomic E-state index is -0.510. The Bertz CT molecular complexity index is 377. The zero-order valence-corrected chi connectivity index (χ0v) is 8.55. The Kier molecular flexibility index (Phi) is 4.19. The molecule has 0 aliphatic rings. The van der Waals surface area contributed by atoms with Crippen molar-refractivity contribution in [2.45, 2.75) is 12.8 Å². The molecule has 0 radical (unpaired) electrons. The second-order valence-corrected chi connectivity index (χ2v) is 3.16. The molecule has 0 aromatic carbocycles. The number of carbonyl (C=O) groups excluding carboxylic acids is 1. The second kappa shape index (κ2) is 5.64. The van der Waals surface area contributed by atoms with Gasteiger partial charge in [0, 0.05) is 19.0 Å². The highest BCUT2D eigenvalue weighted by Crippen LogP contribution is 2.11. The number of carbonyl (C=O) groups is 1. The Morgan fingerprint density at radius 3 is 2.81 bits per heavy atom. The quantitative estimate of drug-likeness (QED) is 0.419. The number of primary amides is 1. The van der Waals surface area contributed by atoms with Crippen LogP contribution in [0.3, 0.4) is 0 Å². The van der Waals surface area contributed by atoms with Crippen molar-refractivity contribution in [3.05, 3.63) is 28.4 Å². The standard InChI is InChI=1S/C9H12N4O3/c10-8(14)2-1-5-11-9-4-3-7(6-12-9)13(15)16/h3-4,6H,1-2,5H2,(H2,10,14)(H,11,12). The molecular weight excluding hydrogens is 212 g/mol. The first-order valence-corrected chi connectivity index (χ1v) is 4.72. The largest absolute Gasteiger partial charge is 0.370 e. The van der Waals surface area contributed by atoms with E-state index in [1.165, 1.54) is 18.3 Å². The molecule has 86 valence electrons. The van der Waals surface area contributed by atoms with Crippen LogP contribution in [0, 0.1) is 10.1 Å². The van der Waals surface area contributed by atoms with Crippen LogP contribution in [-0.4, -0.2) is 22.4 Å². The van der Waals surface area contributed by atoms with E-state index in [0.29, 0.717) is 25.2 Å². The molecule has 0 aliphatic carbocycles. The molecule has 1 amide bonds. The van der Waals surface area contributed by atoms with E-state index in [4.69, 9.17) is 5.73 Å². The third-order valence-electron chi connectivity index (χ3n) is 1.86. The zero-order chi connectivity index (χ0) is 12.0. The number of nitrogens with zero attached hydrogens (tertiary/aromatic N) is 2. The van der Waals surface area contributed by atoms with Crippen LogP contribution in [0.15, 0.2) is 18.3 Å². The van der Waals surface area contributed by atoms with Crippen molar-refractivity contribution in [2.24, 2.45) is 5.73 Å². The molecule has 0 aliphatic heterocycles. The lowest BCUT2D eigenvalue weighted by Crippen LogP contribution is -2.12. The predicted molar refractivity (Wildman–Crippen MR) is 57.8 cm³/mol. The number of hydrogen-bond donors (Lipinski definition) is 2. The van der Waals surface area contributed by atoms with E-state index in [1.807, 2.05) is 0 Å². The summed E-state index contributed by atoms with van der Waals surface area (Å²) in [6.07, 6.45) is 2.09. The Balaban J connectivity index is 2.38. The summed E-state index contributed by atoms with van der Waals surface area (Å²) >= 11 is 0. The van der Waals surface area contributed by atoms with Crippen molar-refractivity contribution in [1.29, 1.82) is 0 Å². The summed E-state index contributed by atoms with van der Waals surface area (Å²) in [5.74, 6) is 0.188. The summed E-state index contributed by atoms with van der Waals surface area (Å²) in [6, 6.07) is 2.88. The Morgan fingerprint density at radius 2 is 2.31 bits per heavy atom. The number of rotatable bonds is 6. The fourth-order valence-electron chi connectivity index (χ4n) is 1.08. The number of nitro groups is 1. The average Bonchev–Trinajstić information content (AvgIpc) is 2.25. The number of anilines is 1. The van der Waals surface area contributed by atoms with E-state index < -0.39 is 4.92 Å². The number of amides is 1. The lowest BCUT2D eigenvalue weighted by molar-refractivity contribution is -0.385. The summed E-state index contributed by atoms with van der Waals surface area (Å²) in [4.78, 5) is 24.1. The van der Waals surface area contributed by atoms with Crippen LogP contribution in [0.1, 0.15) is 12.8 Å². The highest BCUT2D eigenvalue weighted by Gasteiger charge is 2.04. The van der Waals surface area contributed by atoms with Gasteiger partial charge in [0.15, 0.2) is 0 Å². The third kappa shape index (κ3) is 3.91. The summed E-state index contributed by atoms with van der Waals surface area (Å²) in [5, 5.41) is 13.3. The molecule has 1 aromatic rings. The molecule has 1 heterocycles. The van der Waals surface area contributed by atoms with Gasteiger partial charge in [-0.3, -0.25) is 14.9 Å². The zero-order valence-electron chi connectivity index (χ0n) is 8.55. The first kappa shape index (κ1) is 11.9. The molecule has 7 nitrogen and oxygen atoms in total. The minimum Gasteiger partial charge on any atom is -0.370 e. The molecule has 1 rings (SSSR count). The predicted octanol–water partition coefficient (Wildman–Crippen LogP) is 0.667. The molecule has 0 fully saturated rings. The van der Waals surface area contributed by atoms with Crippen molar-refractivity contribution < 1.29 is 9.72 Å². The topological polar surface area (TPSA) is 111 Å². The van der Waals surface area contributed by atoms with Gasteiger partial charge in [0.25, 0.3) is 5.69 Å². The van der Waals surface area contributed by atoms with Gasteiger partial charge in [-0.25, -0.2) is 4.98 Å². The first-order chi connectivity index (χ1) is 7.59. The van der Waals surface area contributed by atoms with E-state index >= 15 is 0 Å². The van der Waals surface area contributed by atoms with E-state index in [1.54, 1.807) is 0 Å². The van der Waals surface area contributed by atoms with Crippen LogP contribution in [0.5, 0.6) is 0 Å². The maximum atomic E-state index is 10.4. The maximum absolute atomic E-state index is 10.4. The van der Waals surface area contributed by atoms with E-state index in [0.717, 1.165) is 0 Å². The Labute approximate surface area is 91.8 Å². The third-order valence-corrected chi connectivity index (χ3v) is 1.86. The number of hydrogen-bond acceptors (Lipinski definition) is 5. The Morgan fingerprint density at radius 1 is 1.56 bits per heavy atom. The van der Waals surface area contributed by atoms with Gasteiger partial charge in [-0.1, -0.05) is 0 Å². The number of aromatic nitrogens is 1. The first-order valence-electron chi connectivity index (χ1n) is 4.72. The number of nitrogens with two attached hydrogens (primary N) is 1. The highest BCUT2D eigenvalue weighted by molar-refractivity contribution is 5.73. The van der Waals surface area contributed by atoms with E-state index in [2.05, 4.69) is 10.3 Å². The van der Waals surface area contributed by atoms with Gasteiger partial charge >= 0.3 is 0 Å². The average molecular weight is 224 g/mol. The van der Waals surface area contributed by atoms with Crippen LogP contribution in [0.4, 0.5) is 11.5 Å². The molecule has 0 unspecified atom stereocenters. The normalized spacial score (nSPS) is 9.75. The Hall–Kier alpha value is -2.18. The molecule has 16 heavy (non-hydrogen) atoms. The van der Waals surface area contributed by atoms with Gasteiger partial charge in [0.2, 0.25) is 5.91 Å². The number of nitrogens with one attached hydrogen (secondary N) is 1. The molecule has 3 N–H and O–H groups in total. The van der Waals surface area contributed by atoms with Crippen LogP contribution in [0.2, 0.25) is 0 Å². The maximum Gasteiger partial charge on any atom is 0.287 e.